The minimum Gasteiger partial charge on any atom is -0.393 e. The van der Waals surface area contributed by atoms with E-state index in [0.717, 1.165) is 12.4 Å². The Morgan fingerprint density at radius 3 is 2.25 bits per heavy atom. The number of aliphatic hydroxyl groups excluding tert-OH is 2. The van der Waals surface area contributed by atoms with Crippen molar-refractivity contribution >= 4 is 0 Å². The Bertz CT molecular complexity index is 260. The summed E-state index contributed by atoms with van der Waals surface area (Å²) in [6.45, 7) is -0.724. The minimum absolute atomic E-state index is 0.549. The van der Waals surface area contributed by atoms with Crippen LogP contribution in [0.15, 0.2) is 12.4 Å². The van der Waals surface area contributed by atoms with Gasteiger partial charge in [-0.3, -0.25) is 4.98 Å². The van der Waals surface area contributed by atoms with Gasteiger partial charge in [-0.05, 0) is 0 Å². The second kappa shape index (κ2) is 3.55. The number of halogens is 2. The summed E-state index contributed by atoms with van der Waals surface area (Å²) in [5.41, 5.74) is -0.549. The highest BCUT2D eigenvalue weighted by Gasteiger charge is 2.16. The zero-order valence-corrected chi connectivity index (χ0v) is 6.04. The number of nitrogens with zero attached hydrogens (tertiary/aromatic N) is 1. The van der Waals surface area contributed by atoms with Crippen LogP contribution in [0, 0.1) is 11.6 Å². The smallest absolute Gasteiger partial charge is 0.150 e. The maximum Gasteiger partial charge on any atom is 0.150 e. The molecule has 1 aromatic rings. The van der Waals surface area contributed by atoms with Gasteiger partial charge in [-0.2, -0.15) is 0 Å². The van der Waals surface area contributed by atoms with Crippen LogP contribution in [0.1, 0.15) is 11.7 Å². The summed E-state index contributed by atoms with van der Waals surface area (Å²) >= 11 is 0. The SMILES string of the molecule is OCC(O)c1c(F)cncc1F. The van der Waals surface area contributed by atoms with E-state index < -0.39 is 29.9 Å². The normalized spacial score (nSPS) is 13.0. The quantitative estimate of drug-likeness (QED) is 0.683. The zero-order chi connectivity index (χ0) is 9.14. The summed E-state index contributed by atoms with van der Waals surface area (Å²) in [6, 6.07) is 0. The molecular weight excluding hydrogens is 168 g/mol. The van der Waals surface area contributed by atoms with Crippen molar-refractivity contribution in [1.82, 2.24) is 4.98 Å². The Morgan fingerprint density at radius 1 is 1.33 bits per heavy atom. The summed E-state index contributed by atoms with van der Waals surface area (Å²) in [4.78, 5) is 3.22. The average molecular weight is 175 g/mol. The van der Waals surface area contributed by atoms with Gasteiger partial charge in [0.25, 0.3) is 0 Å². The zero-order valence-electron chi connectivity index (χ0n) is 6.04. The molecule has 1 unspecified atom stereocenters. The molecule has 0 spiro atoms. The average Bonchev–Trinajstić information content (AvgIpc) is 2.03. The van der Waals surface area contributed by atoms with E-state index in [1.807, 2.05) is 0 Å². The van der Waals surface area contributed by atoms with Crippen molar-refractivity contribution < 1.29 is 19.0 Å². The molecule has 0 aliphatic heterocycles. The van der Waals surface area contributed by atoms with Gasteiger partial charge in [0.05, 0.1) is 24.6 Å². The highest BCUT2D eigenvalue weighted by Crippen LogP contribution is 2.18. The molecule has 3 nitrogen and oxygen atoms in total. The lowest BCUT2D eigenvalue weighted by molar-refractivity contribution is 0.0892. The third-order valence-corrected chi connectivity index (χ3v) is 1.40. The van der Waals surface area contributed by atoms with Crippen LogP contribution in [0.2, 0.25) is 0 Å². The molecule has 0 radical (unpaired) electrons. The maximum atomic E-state index is 12.7. The van der Waals surface area contributed by atoms with E-state index in [0.29, 0.717) is 0 Å². The predicted octanol–water partition coefficient (Wildman–Crippen LogP) is 0.385. The van der Waals surface area contributed by atoms with Gasteiger partial charge in [-0.25, -0.2) is 8.78 Å². The van der Waals surface area contributed by atoms with Crippen LogP contribution < -0.4 is 0 Å². The molecule has 0 aliphatic rings. The molecule has 12 heavy (non-hydrogen) atoms. The largest absolute Gasteiger partial charge is 0.393 e. The third-order valence-electron chi connectivity index (χ3n) is 1.40. The minimum atomic E-state index is -1.53. The Morgan fingerprint density at radius 2 is 1.83 bits per heavy atom. The number of aromatic nitrogens is 1. The van der Waals surface area contributed by atoms with Gasteiger partial charge in [-0.15, -0.1) is 0 Å². The molecule has 0 aromatic carbocycles. The number of aliphatic hydroxyl groups is 2. The Hall–Kier alpha value is -1.07. The fourth-order valence-corrected chi connectivity index (χ4v) is 0.831. The Kier molecular flexibility index (Phi) is 2.67. The lowest BCUT2D eigenvalue weighted by atomic mass is 10.1. The van der Waals surface area contributed by atoms with E-state index in [9.17, 15) is 8.78 Å². The molecule has 1 rings (SSSR count). The molecule has 0 amide bonds. The van der Waals surface area contributed by atoms with Crippen LogP contribution >= 0.6 is 0 Å². The van der Waals surface area contributed by atoms with Crippen molar-refractivity contribution in [1.29, 1.82) is 0 Å². The van der Waals surface area contributed by atoms with Gasteiger partial charge >= 0.3 is 0 Å². The van der Waals surface area contributed by atoms with Gasteiger partial charge in [0, 0.05) is 0 Å². The predicted molar refractivity (Wildman–Crippen MR) is 36.2 cm³/mol. The summed E-state index contributed by atoms with van der Waals surface area (Å²) in [5.74, 6) is -1.92. The van der Waals surface area contributed by atoms with E-state index in [4.69, 9.17) is 10.2 Å². The fourth-order valence-electron chi connectivity index (χ4n) is 0.831. The number of rotatable bonds is 2. The molecule has 2 N–H and O–H groups in total. The highest BCUT2D eigenvalue weighted by atomic mass is 19.1. The van der Waals surface area contributed by atoms with E-state index in [2.05, 4.69) is 4.98 Å². The first-order valence-corrected chi connectivity index (χ1v) is 3.24. The first-order chi connectivity index (χ1) is 5.66. The lowest BCUT2D eigenvalue weighted by Gasteiger charge is -2.08. The first-order valence-electron chi connectivity index (χ1n) is 3.24. The molecule has 1 atom stereocenters. The van der Waals surface area contributed by atoms with Crippen LogP contribution in [0.25, 0.3) is 0 Å². The third kappa shape index (κ3) is 1.57. The van der Waals surface area contributed by atoms with Gasteiger partial charge in [0.15, 0.2) is 0 Å². The van der Waals surface area contributed by atoms with E-state index in [-0.39, 0.29) is 0 Å². The van der Waals surface area contributed by atoms with Gasteiger partial charge in [-0.1, -0.05) is 0 Å². The topological polar surface area (TPSA) is 53.4 Å². The monoisotopic (exact) mass is 175 g/mol. The van der Waals surface area contributed by atoms with Crippen LogP contribution in [-0.2, 0) is 0 Å². The number of hydrogen-bond acceptors (Lipinski definition) is 3. The van der Waals surface area contributed by atoms with Crippen LogP contribution in [0.4, 0.5) is 8.78 Å². The maximum absolute atomic E-state index is 12.7. The van der Waals surface area contributed by atoms with E-state index in [1.54, 1.807) is 0 Å². The van der Waals surface area contributed by atoms with Crippen molar-refractivity contribution in [2.45, 2.75) is 6.10 Å². The second-order valence-corrected chi connectivity index (χ2v) is 2.22. The molecule has 0 saturated carbocycles. The van der Waals surface area contributed by atoms with Crippen LogP contribution in [0.3, 0.4) is 0 Å². The lowest BCUT2D eigenvalue weighted by Crippen LogP contribution is -2.08. The Labute approximate surface area is 67.3 Å². The molecule has 1 aromatic heterocycles. The molecule has 0 bridgehead atoms. The van der Waals surface area contributed by atoms with Gasteiger partial charge in [0.1, 0.15) is 17.7 Å². The van der Waals surface area contributed by atoms with Gasteiger partial charge < -0.3 is 10.2 Å². The molecule has 0 fully saturated rings. The van der Waals surface area contributed by atoms with Crippen molar-refractivity contribution in [3.8, 4) is 0 Å². The van der Waals surface area contributed by atoms with E-state index >= 15 is 0 Å². The summed E-state index contributed by atoms with van der Waals surface area (Å²) in [5, 5.41) is 17.4. The standard InChI is InChI=1S/C7H7F2NO2/c8-4-1-10-2-5(9)7(4)6(12)3-11/h1-2,6,11-12H,3H2. The van der Waals surface area contributed by atoms with Crippen LogP contribution in [-0.4, -0.2) is 21.8 Å². The molecular formula is C7H7F2NO2. The number of hydrogen-bond donors (Lipinski definition) is 2. The van der Waals surface area contributed by atoms with Crippen molar-refractivity contribution in [3.63, 3.8) is 0 Å². The Balaban J connectivity index is 3.12. The van der Waals surface area contributed by atoms with Gasteiger partial charge in [0.2, 0.25) is 0 Å². The van der Waals surface area contributed by atoms with Crippen molar-refractivity contribution in [2.24, 2.45) is 0 Å². The molecule has 5 heteroatoms. The first kappa shape index (κ1) is 9.02. The number of pyridine rings is 1. The fraction of sp³-hybridized carbons (Fsp3) is 0.286. The summed E-state index contributed by atoms with van der Waals surface area (Å²) in [7, 11) is 0. The molecule has 66 valence electrons. The summed E-state index contributed by atoms with van der Waals surface area (Å²) in [6.07, 6.45) is 0.0159. The summed E-state index contributed by atoms with van der Waals surface area (Å²) < 4.78 is 25.4. The van der Waals surface area contributed by atoms with E-state index in [1.165, 1.54) is 0 Å². The molecule has 0 aliphatic carbocycles. The second-order valence-electron chi connectivity index (χ2n) is 2.22. The molecule has 0 saturated heterocycles. The van der Waals surface area contributed by atoms with Crippen LogP contribution in [0.5, 0.6) is 0 Å². The highest BCUT2D eigenvalue weighted by molar-refractivity contribution is 5.17. The molecule has 1 heterocycles. The van der Waals surface area contributed by atoms with Crippen molar-refractivity contribution in [3.05, 3.63) is 29.6 Å². The van der Waals surface area contributed by atoms with Crippen molar-refractivity contribution in [2.75, 3.05) is 6.61 Å².